The predicted octanol–water partition coefficient (Wildman–Crippen LogP) is 4.54. The number of anilines is 2. The molecule has 1 N–H and O–H groups in total. The van der Waals surface area contributed by atoms with Crippen LogP contribution in [0.4, 0.5) is 20.3 Å². The van der Waals surface area contributed by atoms with Crippen LogP contribution < -0.4 is 19.9 Å². The first-order chi connectivity index (χ1) is 19.0. The maximum absolute atomic E-state index is 13.8. The summed E-state index contributed by atoms with van der Waals surface area (Å²) in [6, 6.07) is 12.9. The molecule has 7 rings (SSSR count). The van der Waals surface area contributed by atoms with Gasteiger partial charge in [0.2, 0.25) is 0 Å². The Labute approximate surface area is 228 Å². The number of aromatic nitrogens is 2. The molecule has 206 valence electrons. The lowest BCUT2D eigenvalue weighted by Crippen LogP contribution is -2.52. The second-order valence-electron chi connectivity index (χ2n) is 11.6. The molecule has 1 unspecified atom stereocenters. The molecule has 39 heavy (non-hydrogen) atoms. The second kappa shape index (κ2) is 10.2. The molecule has 4 aliphatic rings. The number of halogens is 2. The number of ether oxygens (including phenoxy) is 1. The zero-order valence-electron chi connectivity index (χ0n) is 22.5. The van der Waals surface area contributed by atoms with E-state index < -0.39 is 6.43 Å². The van der Waals surface area contributed by atoms with Gasteiger partial charge in [-0.3, -0.25) is 0 Å². The highest BCUT2D eigenvalue weighted by Crippen LogP contribution is 2.37. The van der Waals surface area contributed by atoms with E-state index in [1.807, 2.05) is 24.3 Å². The highest BCUT2D eigenvalue weighted by molar-refractivity contribution is 5.95. The number of fused-ring (bicyclic) bond motifs is 4. The Morgan fingerprint density at radius 3 is 2.62 bits per heavy atom. The van der Waals surface area contributed by atoms with E-state index in [2.05, 4.69) is 27.1 Å². The minimum Gasteiger partial charge on any atom is -0.462 e. The number of nitrogens with zero attached hydrogens (tertiary/aromatic N) is 5. The molecule has 0 amide bonds. The molecule has 1 aromatic heterocycles. The van der Waals surface area contributed by atoms with Gasteiger partial charge in [0.15, 0.2) is 0 Å². The van der Waals surface area contributed by atoms with Gasteiger partial charge in [0.25, 0.3) is 6.43 Å². The molecule has 3 fully saturated rings. The average molecular weight is 535 g/mol. The maximum atomic E-state index is 13.8. The van der Waals surface area contributed by atoms with Crippen molar-refractivity contribution in [2.75, 3.05) is 49.6 Å². The first-order valence-electron chi connectivity index (χ1n) is 14.3. The third kappa shape index (κ3) is 4.80. The monoisotopic (exact) mass is 534 g/mol. The SMILES string of the molecule is CN1CCCC1COc1nc2c(c(N3C[C@H]4CC[C@@H](C3)N4)n1)CCN(c1cc(C(F)F)cc3ccccc13)C2. The Hall–Kier alpha value is -3.04. The molecule has 0 aliphatic carbocycles. The van der Waals surface area contributed by atoms with Gasteiger partial charge in [0.1, 0.15) is 12.4 Å². The molecule has 3 saturated heterocycles. The summed E-state index contributed by atoms with van der Waals surface area (Å²) in [4.78, 5) is 16.9. The van der Waals surface area contributed by atoms with Crippen molar-refractivity contribution in [1.29, 1.82) is 0 Å². The smallest absolute Gasteiger partial charge is 0.318 e. The van der Waals surface area contributed by atoms with Crippen molar-refractivity contribution in [2.24, 2.45) is 0 Å². The van der Waals surface area contributed by atoms with Crippen LogP contribution in [0.25, 0.3) is 10.8 Å². The lowest BCUT2D eigenvalue weighted by Gasteiger charge is -2.37. The van der Waals surface area contributed by atoms with Crippen LogP contribution in [0, 0.1) is 0 Å². The molecule has 4 aliphatic heterocycles. The fraction of sp³-hybridized carbons (Fsp3) is 0.533. The molecule has 2 aromatic carbocycles. The third-order valence-corrected chi connectivity index (χ3v) is 9.07. The van der Waals surface area contributed by atoms with Gasteiger partial charge < -0.3 is 24.8 Å². The Balaban J connectivity index is 1.24. The standard InChI is InChI=1S/C30H36F2N6O/c1-36-11-4-6-23(36)18-39-30-34-26-17-37(27-14-20(28(31)32)13-19-5-2-3-7-24(19)27)12-10-25(26)29(35-30)38-15-21-8-9-22(16-38)33-21/h2-3,5,7,13-14,21-23,28,33H,4,6,8-12,15-18H2,1H3/t21-,22+,23?. The van der Waals surface area contributed by atoms with E-state index in [0.29, 0.717) is 37.3 Å². The number of likely N-dealkylation sites (N-methyl/N-ethyl adjacent to an activating group) is 1. The zero-order chi connectivity index (χ0) is 26.5. The molecule has 3 aromatic rings. The summed E-state index contributed by atoms with van der Waals surface area (Å²) in [6.45, 7) is 4.82. The van der Waals surface area contributed by atoms with Gasteiger partial charge in [-0.15, -0.1) is 0 Å². The van der Waals surface area contributed by atoms with Crippen molar-refractivity contribution < 1.29 is 13.5 Å². The summed E-state index contributed by atoms with van der Waals surface area (Å²) < 4.78 is 33.9. The summed E-state index contributed by atoms with van der Waals surface area (Å²) in [5, 5.41) is 5.54. The molecule has 3 atom stereocenters. The van der Waals surface area contributed by atoms with E-state index in [1.165, 1.54) is 24.8 Å². The number of nitrogens with one attached hydrogen (secondary N) is 1. The van der Waals surface area contributed by atoms with Crippen LogP contribution in [0.3, 0.4) is 0 Å². The highest BCUT2D eigenvalue weighted by atomic mass is 19.3. The van der Waals surface area contributed by atoms with Crippen LogP contribution in [0.5, 0.6) is 6.01 Å². The van der Waals surface area contributed by atoms with Gasteiger partial charge in [-0.1, -0.05) is 24.3 Å². The number of likely N-dealkylation sites (tertiary alicyclic amines) is 1. The van der Waals surface area contributed by atoms with E-state index in [-0.39, 0.29) is 5.56 Å². The summed E-state index contributed by atoms with van der Waals surface area (Å²) in [5.74, 6) is 0.999. The van der Waals surface area contributed by atoms with Gasteiger partial charge in [-0.05, 0) is 63.2 Å². The number of hydrogen-bond donors (Lipinski definition) is 1. The minimum atomic E-state index is -2.52. The zero-order valence-corrected chi connectivity index (χ0v) is 22.5. The van der Waals surface area contributed by atoms with Crippen molar-refractivity contribution in [3.8, 4) is 6.01 Å². The summed E-state index contributed by atoms with van der Waals surface area (Å²) in [7, 11) is 2.15. The third-order valence-electron chi connectivity index (χ3n) is 9.07. The lowest BCUT2D eigenvalue weighted by atomic mass is 10.00. The Morgan fingerprint density at radius 2 is 1.85 bits per heavy atom. The minimum absolute atomic E-state index is 0.0545. The van der Waals surface area contributed by atoms with Crippen LogP contribution in [0.2, 0.25) is 0 Å². The van der Waals surface area contributed by atoms with Crippen LogP contribution in [0.1, 0.15) is 48.9 Å². The van der Waals surface area contributed by atoms with Crippen molar-refractivity contribution >= 4 is 22.3 Å². The molecule has 0 saturated carbocycles. The van der Waals surface area contributed by atoms with Gasteiger partial charge in [-0.2, -0.15) is 9.97 Å². The highest BCUT2D eigenvalue weighted by Gasteiger charge is 2.35. The van der Waals surface area contributed by atoms with E-state index >= 15 is 0 Å². The summed E-state index contributed by atoms with van der Waals surface area (Å²) in [6.07, 6.45) is 2.96. The van der Waals surface area contributed by atoms with Gasteiger partial charge in [0.05, 0.1) is 12.2 Å². The van der Waals surface area contributed by atoms with Crippen molar-refractivity contribution in [2.45, 2.75) is 63.2 Å². The molecule has 5 heterocycles. The largest absolute Gasteiger partial charge is 0.462 e. The van der Waals surface area contributed by atoms with Crippen molar-refractivity contribution in [3.05, 3.63) is 53.2 Å². The molecule has 0 spiro atoms. The van der Waals surface area contributed by atoms with Crippen LogP contribution in [-0.4, -0.2) is 72.8 Å². The van der Waals surface area contributed by atoms with E-state index in [4.69, 9.17) is 14.7 Å². The lowest BCUT2D eigenvalue weighted by molar-refractivity contribution is 0.151. The molecular formula is C30H36F2N6O. The molecule has 7 nitrogen and oxygen atoms in total. The van der Waals surface area contributed by atoms with E-state index in [9.17, 15) is 8.78 Å². The van der Waals surface area contributed by atoms with E-state index in [0.717, 1.165) is 67.0 Å². The molecular weight excluding hydrogens is 498 g/mol. The normalized spacial score (nSPS) is 25.1. The summed E-state index contributed by atoms with van der Waals surface area (Å²) >= 11 is 0. The average Bonchev–Trinajstić information content (AvgIpc) is 3.53. The maximum Gasteiger partial charge on any atom is 0.318 e. The summed E-state index contributed by atoms with van der Waals surface area (Å²) in [5.41, 5.74) is 3.01. The topological polar surface area (TPSA) is 56.8 Å². The van der Waals surface area contributed by atoms with Gasteiger partial charge in [0, 0.05) is 60.0 Å². The van der Waals surface area contributed by atoms with Crippen molar-refractivity contribution in [1.82, 2.24) is 20.2 Å². The quantitative estimate of drug-likeness (QED) is 0.498. The molecule has 0 radical (unpaired) electrons. The van der Waals surface area contributed by atoms with E-state index in [1.54, 1.807) is 12.1 Å². The first kappa shape index (κ1) is 25.0. The van der Waals surface area contributed by atoms with Crippen LogP contribution in [-0.2, 0) is 13.0 Å². The van der Waals surface area contributed by atoms with Crippen molar-refractivity contribution in [3.63, 3.8) is 0 Å². The fourth-order valence-corrected chi connectivity index (χ4v) is 6.95. The Kier molecular flexibility index (Phi) is 6.51. The predicted molar refractivity (Wildman–Crippen MR) is 149 cm³/mol. The molecule has 2 bridgehead atoms. The first-order valence-corrected chi connectivity index (χ1v) is 14.3. The Morgan fingerprint density at radius 1 is 1.03 bits per heavy atom. The Bertz CT molecular complexity index is 1360. The van der Waals surface area contributed by atoms with Gasteiger partial charge in [-0.25, -0.2) is 8.78 Å². The number of benzene rings is 2. The van der Waals surface area contributed by atoms with Crippen LogP contribution in [0.15, 0.2) is 36.4 Å². The van der Waals surface area contributed by atoms with Crippen LogP contribution >= 0.6 is 0 Å². The fourth-order valence-electron chi connectivity index (χ4n) is 6.95. The number of piperazine rings is 1. The molecule has 9 heteroatoms. The van der Waals surface area contributed by atoms with Gasteiger partial charge >= 0.3 is 6.01 Å². The number of alkyl halides is 2. The second-order valence-corrected chi connectivity index (χ2v) is 11.6. The number of rotatable bonds is 6. The number of hydrogen-bond acceptors (Lipinski definition) is 7.